The molecule has 6 aliphatic rings. The molecule has 6 nitrogen and oxygen atoms in total. The number of hydrogen-bond donors (Lipinski definition) is 0. The van der Waals surface area contributed by atoms with Gasteiger partial charge < -0.3 is 18.9 Å². The minimum atomic E-state index is -4.31. The zero-order valence-electron chi connectivity index (χ0n) is 19.9. The summed E-state index contributed by atoms with van der Waals surface area (Å²) in [6, 6.07) is 0. The molecule has 0 aromatic rings. The number of hydrogen-bond acceptors (Lipinski definition) is 6. The molecule has 1 heterocycles. The maximum absolute atomic E-state index is 14.0. The Bertz CT molecular complexity index is 876. The second-order valence-corrected chi connectivity index (χ2v) is 11.4. The Labute approximate surface area is 201 Å². The average molecular weight is 505 g/mol. The van der Waals surface area contributed by atoms with Gasteiger partial charge in [-0.25, -0.2) is 4.79 Å². The number of ether oxygens (including phenoxy) is 4. The minimum absolute atomic E-state index is 0.0651. The topological polar surface area (TPSA) is 71.1 Å². The van der Waals surface area contributed by atoms with Crippen molar-refractivity contribution in [3.05, 3.63) is 12.2 Å². The van der Waals surface area contributed by atoms with Crippen molar-refractivity contribution in [1.29, 1.82) is 0 Å². The lowest BCUT2D eigenvalue weighted by Crippen LogP contribution is -2.66. The zero-order valence-corrected chi connectivity index (χ0v) is 19.9. The first-order chi connectivity index (χ1) is 16.3. The largest absolute Gasteiger partial charge is 0.459 e. The summed E-state index contributed by atoms with van der Waals surface area (Å²) in [4.78, 5) is 25.3. The van der Waals surface area contributed by atoms with Crippen molar-refractivity contribution in [2.24, 2.45) is 17.8 Å². The number of halogens is 4. The molecule has 0 radical (unpaired) electrons. The third-order valence-corrected chi connectivity index (χ3v) is 8.73. The van der Waals surface area contributed by atoms with Crippen LogP contribution in [0.15, 0.2) is 12.2 Å². The van der Waals surface area contributed by atoms with E-state index in [0.717, 1.165) is 12.8 Å². The Hall–Kier alpha value is -1.68. The predicted octanol–water partition coefficient (Wildman–Crippen LogP) is 4.94. The second-order valence-electron chi connectivity index (χ2n) is 11.4. The molecule has 5 saturated carbocycles. The maximum atomic E-state index is 14.0. The van der Waals surface area contributed by atoms with Crippen LogP contribution in [0.3, 0.4) is 0 Å². The van der Waals surface area contributed by atoms with Crippen molar-refractivity contribution in [1.82, 2.24) is 0 Å². The highest BCUT2D eigenvalue weighted by Gasteiger charge is 2.69. The van der Waals surface area contributed by atoms with Crippen molar-refractivity contribution in [2.75, 3.05) is 13.2 Å². The molecular weight excluding hydrogens is 472 g/mol. The van der Waals surface area contributed by atoms with Crippen molar-refractivity contribution < 1.29 is 46.1 Å². The zero-order chi connectivity index (χ0) is 25.3. The van der Waals surface area contributed by atoms with Crippen LogP contribution in [0.25, 0.3) is 0 Å². The van der Waals surface area contributed by atoms with Gasteiger partial charge in [-0.15, -0.1) is 0 Å². The molecule has 2 unspecified atom stereocenters. The Balaban J connectivity index is 1.30. The molecule has 6 rings (SSSR count). The highest BCUT2D eigenvalue weighted by molar-refractivity contribution is 5.87. The fraction of sp³-hybridized carbons (Fsp3) is 0.840. The minimum Gasteiger partial charge on any atom is -0.459 e. The van der Waals surface area contributed by atoms with Crippen LogP contribution in [0.1, 0.15) is 71.1 Å². The molecule has 5 aliphatic carbocycles. The standard InChI is InChI=1S/C25H32F4O6/c1-15(2)20(31)35-21(5-3-4-6-21)12-19(30)34-22-9-16-7-17(10-22)25(18(8-16)11-22)32-13-23(26,27)24(28,29)14-33-25/h16-18H,1,3-14H2,2H3. The first kappa shape index (κ1) is 25.0. The van der Waals surface area contributed by atoms with Crippen LogP contribution in [0, 0.1) is 17.8 Å². The second kappa shape index (κ2) is 8.16. The van der Waals surface area contributed by atoms with Gasteiger partial charge >= 0.3 is 23.8 Å². The SMILES string of the molecule is C=C(C)C(=O)OC1(CC(=O)OC23CC4CC(C2)C2(OCC(F)(F)C(F)(F)CO2)C(C4)C3)CCCC1. The van der Waals surface area contributed by atoms with Gasteiger partial charge in [-0.05, 0) is 70.6 Å². The van der Waals surface area contributed by atoms with E-state index in [-0.39, 0.29) is 17.9 Å². The lowest BCUT2D eigenvalue weighted by atomic mass is 9.51. The van der Waals surface area contributed by atoms with E-state index in [2.05, 4.69) is 6.58 Å². The summed E-state index contributed by atoms with van der Waals surface area (Å²) in [6.07, 6.45) is 5.16. The van der Waals surface area contributed by atoms with Gasteiger partial charge in [0.25, 0.3) is 0 Å². The van der Waals surface area contributed by atoms with E-state index in [9.17, 15) is 27.2 Å². The normalized spacial score (nSPS) is 37.6. The number of rotatable bonds is 5. The Morgan fingerprint density at radius 2 is 1.46 bits per heavy atom. The van der Waals surface area contributed by atoms with Crippen molar-refractivity contribution in [3.8, 4) is 0 Å². The molecule has 196 valence electrons. The summed E-state index contributed by atoms with van der Waals surface area (Å²) in [6.45, 7) is 2.36. The third-order valence-electron chi connectivity index (χ3n) is 8.73. The average Bonchev–Trinajstić information content (AvgIpc) is 3.15. The van der Waals surface area contributed by atoms with Gasteiger partial charge in [0.05, 0.1) is 6.42 Å². The van der Waals surface area contributed by atoms with Crippen molar-refractivity contribution in [3.63, 3.8) is 0 Å². The van der Waals surface area contributed by atoms with E-state index < -0.39 is 65.8 Å². The van der Waals surface area contributed by atoms with Gasteiger partial charge in [0.1, 0.15) is 24.4 Å². The van der Waals surface area contributed by atoms with Crippen LogP contribution in [0.2, 0.25) is 0 Å². The van der Waals surface area contributed by atoms with E-state index in [1.165, 1.54) is 0 Å². The number of esters is 2. The molecule has 4 bridgehead atoms. The van der Waals surface area contributed by atoms with E-state index in [1.54, 1.807) is 6.92 Å². The van der Waals surface area contributed by atoms with Crippen LogP contribution >= 0.6 is 0 Å². The number of carbonyl (C=O) groups is 2. The molecule has 2 atom stereocenters. The van der Waals surface area contributed by atoms with Crippen molar-refractivity contribution in [2.45, 2.75) is 100.0 Å². The van der Waals surface area contributed by atoms with Gasteiger partial charge in [-0.2, -0.15) is 17.6 Å². The molecule has 1 saturated heterocycles. The molecule has 6 fully saturated rings. The van der Waals surface area contributed by atoms with Crippen LogP contribution in [-0.4, -0.2) is 54.0 Å². The summed E-state index contributed by atoms with van der Waals surface area (Å²) in [5.74, 6) is -11.8. The molecule has 0 aromatic carbocycles. The smallest absolute Gasteiger partial charge is 0.335 e. The summed E-state index contributed by atoms with van der Waals surface area (Å²) in [7, 11) is 0. The first-order valence-electron chi connectivity index (χ1n) is 12.4. The Morgan fingerprint density at radius 3 is 1.97 bits per heavy atom. The van der Waals surface area contributed by atoms with E-state index in [0.29, 0.717) is 44.9 Å². The third kappa shape index (κ3) is 4.18. The predicted molar refractivity (Wildman–Crippen MR) is 114 cm³/mol. The van der Waals surface area contributed by atoms with Crippen LogP contribution in [0.4, 0.5) is 17.6 Å². The molecule has 35 heavy (non-hydrogen) atoms. The molecule has 10 heteroatoms. The van der Waals surface area contributed by atoms with E-state index in [4.69, 9.17) is 18.9 Å². The van der Waals surface area contributed by atoms with E-state index >= 15 is 0 Å². The molecule has 0 N–H and O–H groups in total. The summed E-state index contributed by atoms with van der Waals surface area (Å²) in [5.41, 5.74) is -1.47. The molecule has 1 aliphatic heterocycles. The monoisotopic (exact) mass is 504 g/mol. The van der Waals surface area contributed by atoms with Crippen LogP contribution in [-0.2, 0) is 28.5 Å². The van der Waals surface area contributed by atoms with Gasteiger partial charge in [0.2, 0.25) is 0 Å². The highest BCUT2D eigenvalue weighted by Crippen LogP contribution is 2.64. The Morgan fingerprint density at radius 1 is 0.914 bits per heavy atom. The molecule has 0 aromatic heterocycles. The molecule has 0 amide bonds. The van der Waals surface area contributed by atoms with Crippen LogP contribution < -0.4 is 0 Å². The number of alkyl halides is 4. The lowest BCUT2D eigenvalue weighted by molar-refractivity contribution is -0.355. The fourth-order valence-electron chi connectivity index (χ4n) is 7.27. The van der Waals surface area contributed by atoms with Gasteiger partial charge in [0, 0.05) is 17.4 Å². The maximum Gasteiger partial charge on any atom is 0.335 e. The first-order valence-corrected chi connectivity index (χ1v) is 12.4. The van der Waals surface area contributed by atoms with Crippen LogP contribution in [0.5, 0.6) is 0 Å². The van der Waals surface area contributed by atoms with E-state index in [1.807, 2.05) is 0 Å². The van der Waals surface area contributed by atoms with Crippen molar-refractivity contribution >= 4 is 11.9 Å². The molecular formula is C25H32F4O6. The highest BCUT2D eigenvalue weighted by atomic mass is 19.3. The fourth-order valence-corrected chi connectivity index (χ4v) is 7.27. The Kier molecular flexibility index (Phi) is 5.83. The van der Waals surface area contributed by atoms with Gasteiger partial charge in [-0.3, -0.25) is 4.79 Å². The summed E-state index contributed by atoms with van der Waals surface area (Å²) >= 11 is 0. The summed E-state index contributed by atoms with van der Waals surface area (Å²) < 4.78 is 78.7. The number of carbonyl (C=O) groups excluding carboxylic acids is 2. The molecule has 1 spiro atoms. The van der Waals surface area contributed by atoms with Gasteiger partial charge in [-0.1, -0.05) is 6.58 Å². The summed E-state index contributed by atoms with van der Waals surface area (Å²) in [5, 5.41) is 0. The lowest BCUT2D eigenvalue weighted by Gasteiger charge is -2.63. The van der Waals surface area contributed by atoms with Gasteiger partial charge in [0.15, 0.2) is 5.79 Å². The quantitative estimate of drug-likeness (QED) is 0.300.